The molecule has 2 aromatic carbocycles. The van der Waals surface area contributed by atoms with Gasteiger partial charge in [-0.15, -0.1) is 0 Å². The first-order chi connectivity index (χ1) is 13.3. The molecule has 1 amide bonds. The Hall–Kier alpha value is -2.34. The fraction of sp³-hybridized carbons (Fsp3) is 0.409. The van der Waals surface area contributed by atoms with Crippen molar-refractivity contribution in [3.05, 3.63) is 64.7 Å². The molecule has 28 heavy (non-hydrogen) atoms. The molecule has 0 heterocycles. The first kappa shape index (κ1) is 20.4. The van der Waals surface area contributed by atoms with Gasteiger partial charge in [-0.05, 0) is 67.0 Å². The van der Waals surface area contributed by atoms with E-state index in [2.05, 4.69) is 30.4 Å². The largest absolute Gasteiger partial charge is 0.345 e. The van der Waals surface area contributed by atoms with Gasteiger partial charge >= 0.3 is 0 Å². The fourth-order valence-corrected chi connectivity index (χ4v) is 4.16. The van der Waals surface area contributed by atoms with E-state index in [1.165, 1.54) is 35.3 Å². The highest BCUT2D eigenvalue weighted by Crippen LogP contribution is 2.26. The van der Waals surface area contributed by atoms with Crippen molar-refractivity contribution in [3.8, 4) is 0 Å². The number of nitrogens with zero attached hydrogens (tertiary/aromatic N) is 1. The van der Waals surface area contributed by atoms with Gasteiger partial charge in [0.05, 0.1) is 18.0 Å². The number of carbonyl (C=O) groups is 1. The summed E-state index contributed by atoms with van der Waals surface area (Å²) < 4.78 is 24.7. The number of aryl methyl sites for hydroxylation is 2. The average Bonchev–Trinajstić information content (AvgIpc) is 2.70. The quantitative estimate of drug-likeness (QED) is 0.801. The standard InChI is InChI=1S/C22H28N2O3S/c1-4-21(18-13-12-16-8-5-6-9-17(16)14-18)23-22(25)19-10-7-11-20(15-19)24(2)28(3,26)27/h7,10-15,21H,4-6,8-9H2,1-3H3,(H,23,25)/t21-/m0/s1. The monoisotopic (exact) mass is 400 g/mol. The van der Waals surface area contributed by atoms with E-state index >= 15 is 0 Å². The highest BCUT2D eigenvalue weighted by molar-refractivity contribution is 7.92. The Kier molecular flexibility index (Phi) is 6.08. The maximum atomic E-state index is 12.8. The second kappa shape index (κ2) is 8.35. The third-order valence-electron chi connectivity index (χ3n) is 5.46. The third kappa shape index (κ3) is 4.55. The van der Waals surface area contributed by atoms with E-state index in [0.717, 1.165) is 31.1 Å². The summed E-state index contributed by atoms with van der Waals surface area (Å²) in [6.45, 7) is 2.05. The summed E-state index contributed by atoms with van der Waals surface area (Å²) >= 11 is 0. The highest BCUT2D eigenvalue weighted by Gasteiger charge is 2.18. The lowest BCUT2D eigenvalue weighted by molar-refractivity contribution is 0.0935. The van der Waals surface area contributed by atoms with Gasteiger partial charge in [-0.2, -0.15) is 0 Å². The first-order valence-electron chi connectivity index (χ1n) is 9.76. The molecule has 3 rings (SSSR count). The Balaban J connectivity index is 1.79. The number of anilines is 1. The summed E-state index contributed by atoms with van der Waals surface area (Å²) in [5.41, 5.74) is 4.86. The molecule has 6 heteroatoms. The number of carbonyl (C=O) groups excluding carboxylic acids is 1. The van der Waals surface area contributed by atoms with Crippen LogP contribution in [0.3, 0.4) is 0 Å². The zero-order chi connectivity index (χ0) is 20.3. The maximum Gasteiger partial charge on any atom is 0.251 e. The Morgan fingerprint density at radius 1 is 1.11 bits per heavy atom. The van der Waals surface area contributed by atoms with Crippen molar-refractivity contribution in [1.29, 1.82) is 0 Å². The Morgan fingerprint density at radius 3 is 2.50 bits per heavy atom. The average molecular weight is 401 g/mol. The topological polar surface area (TPSA) is 66.5 Å². The Bertz CT molecular complexity index is 969. The molecule has 2 aromatic rings. The van der Waals surface area contributed by atoms with Crippen molar-refractivity contribution < 1.29 is 13.2 Å². The molecule has 0 saturated heterocycles. The summed E-state index contributed by atoms with van der Waals surface area (Å²) in [4.78, 5) is 12.8. The van der Waals surface area contributed by atoms with E-state index in [4.69, 9.17) is 0 Å². The van der Waals surface area contributed by atoms with Crippen LogP contribution in [-0.2, 0) is 22.9 Å². The van der Waals surface area contributed by atoms with Crippen molar-refractivity contribution in [2.45, 2.75) is 45.1 Å². The summed E-state index contributed by atoms with van der Waals surface area (Å²) in [5.74, 6) is -0.201. The minimum atomic E-state index is -3.38. The molecule has 1 aliphatic rings. The van der Waals surface area contributed by atoms with Gasteiger partial charge in [0.15, 0.2) is 0 Å². The van der Waals surface area contributed by atoms with Gasteiger partial charge in [-0.25, -0.2) is 8.42 Å². The molecule has 1 atom stereocenters. The molecule has 0 radical (unpaired) electrons. The van der Waals surface area contributed by atoms with Crippen molar-refractivity contribution in [1.82, 2.24) is 5.32 Å². The van der Waals surface area contributed by atoms with E-state index in [1.54, 1.807) is 24.3 Å². The van der Waals surface area contributed by atoms with Gasteiger partial charge in [0.2, 0.25) is 10.0 Å². The SMILES string of the molecule is CC[C@H](NC(=O)c1cccc(N(C)S(C)(=O)=O)c1)c1ccc2c(c1)CCCC2. The molecule has 0 bridgehead atoms. The molecular weight excluding hydrogens is 372 g/mol. The first-order valence-corrected chi connectivity index (χ1v) is 11.6. The second-order valence-corrected chi connectivity index (χ2v) is 9.46. The van der Waals surface area contributed by atoms with E-state index in [1.807, 2.05) is 0 Å². The summed E-state index contributed by atoms with van der Waals surface area (Å²) in [6.07, 6.45) is 6.64. The smallest absolute Gasteiger partial charge is 0.251 e. The van der Waals surface area contributed by atoms with Crippen molar-refractivity contribution in [2.24, 2.45) is 0 Å². The summed E-state index contributed by atoms with van der Waals surface area (Å²) in [7, 11) is -1.90. The van der Waals surface area contributed by atoms with Crippen molar-refractivity contribution in [3.63, 3.8) is 0 Å². The number of rotatable bonds is 6. The lowest BCUT2D eigenvalue weighted by atomic mass is 9.88. The van der Waals surface area contributed by atoms with E-state index < -0.39 is 10.0 Å². The molecule has 1 aliphatic carbocycles. The predicted molar refractivity (Wildman–Crippen MR) is 113 cm³/mol. The number of hydrogen-bond donors (Lipinski definition) is 1. The predicted octanol–water partition coefficient (Wildman–Crippen LogP) is 3.84. The zero-order valence-corrected chi connectivity index (χ0v) is 17.6. The number of fused-ring (bicyclic) bond motifs is 1. The lowest BCUT2D eigenvalue weighted by Crippen LogP contribution is -2.29. The molecule has 0 aliphatic heterocycles. The maximum absolute atomic E-state index is 12.8. The second-order valence-electron chi connectivity index (χ2n) is 7.45. The van der Waals surface area contributed by atoms with Crippen LogP contribution in [0, 0.1) is 0 Å². The zero-order valence-electron chi connectivity index (χ0n) is 16.7. The number of amides is 1. The highest BCUT2D eigenvalue weighted by atomic mass is 32.2. The van der Waals surface area contributed by atoms with Gasteiger partial charge in [-0.1, -0.05) is 31.2 Å². The van der Waals surface area contributed by atoms with Crippen LogP contribution in [0.1, 0.15) is 59.3 Å². The molecule has 0 saturated carbocycles. The van der Waals surface area contributed by atoms with Gasteiger partial charge in [0, 0.05) is 12.6 Å². The van der Waals surface area contributed by atoms with Gasteiger partial charge in [-0.3, -0.25) is 9.10 Å². The van der Waals surface area contributed by atoms with Crippen LogP contribution in [0.25, 0.3) is 0 Å². The number of sulfonamides is 1. The molecule has 0 aromatic heterocycles. The number of benzene rings is 2. The molecular formula is C22H28N2O3S. The van der Waals surface area contributed by atoms with Crippen LogP contribution in [0.2, 0.25) is 0 Å². The van der Waals surface area contributed by atoms with Crippen LogP contribution < -0.4 is 9.62 Å². The fourth-order valence-electron chi connectivity index (χ4n) is 3.67. The van der Waals surface area contributed by atoms with Crippen molar-refractivity contribution in [2.75, 3.05) is 17.6 Å². The van der Waals surface area contributed by atoms with Crippen LogP contribution in [0.15, 0.2) is 42.5 Å². The van der Waals surface area contributed by atoms with Crippen LogP contribution in [-0.4, -0.2) is 27.6 Å². The molecule has 0 unspecified atom stereocenters. The molecule has 150 valence electrons. The minimum absolute atomic E-state index is 0.0731. The van der Waals surface area contributed by atoms with Crippen LogP contribution in [0.4, 0.5) is 5.69 Å². The summed E-state index contributed by atoms with van der Waals surface area (Å²) in [6, 6.07) is 13.2. The van der Waals surface area contributed by atoms with Gasteiger partial charge in [0.1, 0.15) is 0 Å². The van der Waals surface area contributed by atoms with E-state index in [0.29, 0.717) is 11.3 Å². The Labute approximate surface area is 167 Å². The molecule has 0 fully saturated rings. The third-order valence-corrected chi connectivity index (χ3v) is 6.66. The molecule has 1 N–H and O–H groups in total. The van der Waals surface area contributed by atoms with Gasteiger partial charge in [0.25, 0.3) is 5.91 Å². The van der Waals surface area contributed by atoms with Crippen LogP contribution in [0.5, 0.6) is 0 Å². The number of hydrogen-bond acceptors (Lipinski definition) is 3. The van der Waals surface area contributed by atoms with Crippen molar-refractivity contribution >= 4 is 21.6 Å². The van der Waals surface area contributed by atoms with Gasteiger partial charge < -0.3 is 5.32 Å². The Morgan fingerprint density at radius 2 is 1.82 bits per heavy atom. The number of nitrogens with one attached hydrogen (secondary N) is 1. The van der Waals surface area contributed by atoms with Crippen LogP contribution >= 0.6 is 0 Å². The molecule has 0 spiro atoms. The normalized spacial score (nSPS) is 14.8. The lowest BCUT2D eigenvalue weighted by Gasteiger charge is -2.22. The van der Waals surface area contributed by atoms with E-state index in [-0.39, 0.29) is 11.9 Å². The minimum Gasteiger partial charge on any atom is -0.345 e. The van der Waals surface area contributed by atoms with E-state index in [9.17, 15) is 13.2 Å². The summed E-state index contributed by atoms with van der Waals surface area (Å²) in [5, 5.41) is 3.10. The molecule has 5 nitrogen and oxygen atoms in total.